The Morgan fingerprint density at radius 1 is 1.62 bits per heavy atom. The van der Waals surface area contributed by atoms with Gasteiger partial charge in [0.25, 0.3) is 0 Å². The molecule has 0 aliphatic carbocycles. The lowest BCUT2D eigenvalue weighted by atomic mass is 10.2. The lowest BCUT2D eigenvalue weighted by Gasteiger charge is -2.22. The minimum atomic E-state index is 0.121. The lowest BCUT2D eigenvalue weighted by Crippen LogP contribution is -2.36. The lowest BCUT2D eigenvalue weighted by molar-refractivity contribution is -0.120. The molecule has 1 aliphatic rings. The molecule has 4 heteroatoms. The van der Waals surface area contributed by atoms with Gasteiger partial charge >= 0.3 is 0 Å². The van der Waals surface area contributed by atoms with Crippen molar-refractivity contribution in [1.82, 2.24) is 10.6 Å². The average molecular weight is 202 g/mol. The topological polar surface area (TPSA) is 41.1 Å². The van der Waals surface area contributed by atoms with E-state index in [9.17, 15) is 4.79 Å². The number of carbonyl (C=O) groups excluding carboxylic acids is 1. The van der Waals surface area contributed by atoms with E-state index in [0.29, 0.717) is 12.5 Å². The van der Waals surface area contributed by atoms with Gasteiger partial charge in [-0.1, -0.05) is 0 Å². The van der Waals surface area contributed by atoms with Gasteiger partial charge in [0, 0.05) is 31.8 Å². The van der Waals surface area contributed by atoms with Crippen LogP contribution in [0.15, 0.2) is 0 Å². The van der Waals surface area contributed by atoms with E-state index in [1.807, 2.05) is 11.8 Å². The summed E-state index contributed by atoms with van der Waals surface area (Å²) in [5, 5.41) is 6.02. The first-order valence-electron chi connectivity index (χ1n) is 4.84. The molecule has 1 unspecified atom stereocenters. The molecule has 0 radical (unpaired) electrons. The third-order valence-corrected chi connectivity index (χ3v) is 3.44. The second kappa shape index (κ2) is 6.27. The normalized spacial score (nSPS) is 22.7. The number of hydrogen-bond acceptors (Lipinski definition) is 3. The van der Waals surface area contributed by atoms with Crippen LogP contribution in [0.1, 0.15) is 19.3 Å². The predicted octanol–water partition coefficient (Wildman–Crippen LogP) is 0.608. The fourth-order valence-electron chi connectivity index (χ4n) is 1.42. The van der Waals surface area contributed by atoms with Crippen LogP contribution in [0.3, 0.4) is 0 Å². The van der Waals surface area contributed by atoms with Gasteiger partial charge in [-0.05, 0) is 18.6 Å². The molecular weight excluding hydrogens is 184 g/mol. The van der Waals surface area contributed by atoms with E-state index < -0.39 is 0 Å². The minimum Gasteiger partial charge on any atom is -0.359 e. The Morgan fingerprint density at radius 3 is 3.08 bits per heavy atom. The van der Waals surface area contributed by atoms with E-state index in [4.69, 9.17) is 0 Å². The Labute approximate surface area is 84.0 Å². The largest absolute Gasteiger partial charge is 0.359 e. The summed E-state index contributed by atoms with van der Waals surface area (Å²) < 4.78 is 0. The van der Waals surface area contributed by atoms with Gasteiger partial charge in [0.05, 0.1) is 0 Å². The highest BCUT2D eigenvalue weighted by atomic mass is 32.2. The Balaban J connectivity index is 2.01. The fourth-order valence-corrected chi connectivity index (χ4v) is 2.52. The summed E-state index contributed by atoms with van der Waals surface area (Å²) in [4.78, 5) is 10.9. The van der Waals surface area contributed by atoms with Crippen LogP contribution >= 0.6 is 11.8 Å². The van der Waals surface area contributed by atoms with Gasteiger partial charge < -0.3 is 10.6 Å². The number of carbonyl (C=O) groups is 1. The maximum absolute atomic E-state index is 10.9. The summed E-state index contributed by atoms with van der Waals surface area (Å²) >= 11 is 2.00. The molecule has 0 aromatic carbocycles. The number of amides is 1. The van der Waals surface area contributed by atoms with Crippen LogP contribution in [0, 0.1) is 0 Å². The first-order valence-corrected chi connectivity index (χ1v) is 6.00. The van der Waals surface area contributed by atoms with Crippen LogP contribution in [-0.2, 0) is 4.79 Å². The van der Waals surface area contributed by atoms with Crippen LogP contribution in [0.4, 0.5) is 0 Å². The van der Waals surface area contributed by atoms with Crippen molar-refractivity contribution in [1.29, 1.82) is 0 Å². The zero-order valence-corrected chi connectivity index (χ0v) is 8.95. The summed E-state index contributed by atoms with van der Waals surface area (Å²) in [6.07, 6.45) is 3.17. The van der Waals surface area contributed by atoms with Crippen molar-refractivity contribution in [2.75, 3.05) is 25.1 Å². The Hall–Kier alpha value is -0.220. The van der Waals surface area contributed by atoms with Gasteiger partial charge in [-0.2, -0.15) is 11.8 Å². The zero-order valence-electron chi connectivity index (χ0n) is 8.14. The van der Waals surface area contributed by atoms with Crippen molar-refractivity contribution >= 4 is 17.7 Å². The molecule has 2 N–H and O–H groups in total. The standard InChI is InChI=1S/C9H18N2OS/c1-10-9(12)4-5-11-8-3-2-6-13-7-8/h8,11H,2-7H2,1H3,(H,10,12). The third-order valence-electron chi connectivity index (χ3n) is 2.22. The van der Waals surface area contributed by atoms with Crippen LogP contribution in [0.2, 0.25) is 0 Å². The minimum absolute atomic E-state index is 0.121. The highest BCUT2D eigenvalue weighted by Crippen LogP contribution is 2.16. The van der Waals surface area contributed by atoms with Gasteiger partial charge in [-0.25, -0.2) is 0 Å². The zero-order chi connectivity index (χ0) is 9.52. The Morgan fingerprint density at radius 2 is 2.46 bits per heavy atom. The van der Waals surface area contributed by atoms with Crippen LogP contribution in [-0.4, -0.2) is 37.0 Å². The number of thioether (sulfide) groups is 1. The molecule has 0 spiro atoms. The molecule has 0 saturated carbocycles. The summed E-state index contributed by atoms with van der Waals surface area (Å²) in [5.41, 5.74) is 0. The smallest absolute Gasteiger partial charge is 0.221 e. The van der Waals surface area contributed by atoms with Gasteiger partial charge in [0.2, 0.25) is 5.91 Å². The van der Waals surface area contributed by atoms with Crippen molar-refractivity contribution in [3.8, 4) is 0 Å². The molecule has 13 heavy (non-hydrogen) atoms. The number of nitrogens with one attached hydrogen (secondary N) is 2. The quantitative estimate of drug-likeness (QED) is 0.702. The van der Waals surface area contributed by atoms with Crippen molar-refractivity contribution in [3.05, 3.63) is 0 Å². The van der Waals surface area contributed by atoms with E-state index in [2.05, 4.69) is 10.6 Å². The summed E-state index contributed by atoms with van der Waals surface area (Å²) in [6.45, 7) is 0.810. The summed E-state index contributed by atoms with van der Waals surface area (Å²) in [6, 6.07) is 0.628. The number of hydrogen-bond donors (Lipinski definition) is 2. The second-order valence-electron chi connectivity index (χ2n) is 3.29. The predicted molar refractivity (Wildman–Crippen MR) is 57.0 cm³/mol. The van der Waals surface area contributed by atoms with Gasteiger partial charge in [0.15, 0.2) is 0 Å². The molecule has 1 saturated heterocycles. The SMILES string of the molecule is CNC(=O)CCNC1CCCSC1. The molecule has 1 heterocycles. The molecule has 1 atom stereocenters. The molecule has 0 aromatic heterocycles. The second-order valence-corrected chi connectivity index (χ2v) is 4.44. The Kier molecular flexibility index (Phi) is 5.23. The van der Waals surface area contributed by atoms with E-state index in [1.165, 1.54) is 24.3 Å². The molecule has 1 fully saturated rings. The molecule has 1 amide bonds. The van der Waals surface area contributed by atoms with E-state index in [0.717, 1.165) is 6.54 Å². The van der Waals surface area contributed by atoms with Crippen molar-refractivity contribution in [2.45, 2.75) is 25.3 Å². The van der Waals surface area contributed by atoms with E-state index in [-0.39, 0.29) is 5.91 Å². The van der Waals surface area contributed by atoms with Crippen molar-refractivity contribution in [2.24, 2.45) is 0 Å². The molecule has 0 aromatic rings. The van der Waals surface area contributed by atoms with Crippen LogP contribution < -0.4 is 10.6 Å². The fraction of sp³-hybridized carbons (Fsp3) is 0.889. The third kappa shape index (κ3) is 4.52. The van der Waals surface area contributed by atoms with Crippen LogP contribution in [0.5, 0.6) is 0 Å². The molecule has 0 bridgehead atoms. The Bertz CT molecular complexity index is 158. The van der Waals surface area contributed by atoms with Gasteiger partial charge in [0.1, 0.15) is 0 Å². The van der Waals surface area contributed by atoms with Gasteiger partial charge in [-0.15, -0.1) is 0 Å². The molecule has 1 aliphatic heterocycles. The highest BCUT2D eigenvalue weighted by molar-refractivity contribution is 7.99. The monoisotopic (exact) mass is 202 g/mol. The maximum Gasteiger partial charge on any atom is 0.221 e. The summed E-state index contributed by atoms with van der Waals surface area (Å²) in [7, 11) is 1.68. The average Bonchev–Trinajstić information content (AvgIpc) is 2.19. The van der Waals surface area contributed by atoms with Gasteiger partial charge in [-0.3, -0.25) is 4.79 Å². The first-order chi connectivity index (χ1) is 6.33. The van der Waals surface area contributed by atoms with E-state index >= 15 is 0 Å². The maximum atomic E-state index is 10.9. The van der Waals surface area contributed by atoms with E-state index in [1.54, 1.807) is 7.05 Å². The first kappa shape index (κ1) is 10.9. The molecule has 1 rings (SSSR count). The molecule has 3 nitrogen and oxygen atoms in total. The number of rotatable bonds is 4. The highest BCUT2D eigenvalue weighted by Gasteiger charge is 2.12. The van der Waals surface area contributed by atoms with Crippen molar-refractivity contribution in [3.63, 3.8) is 0 Å². The van der Waals surface area contributed by atoms with Crippen molar-refractivity contribution < 1.29 is 4.79 Å². The summed E-state index contributed by atoms with van der Waals surface area (Å²) in [5.74, 6) is 2.62. The van der Waals surface area contributed by atoms with Crippen LogP contribution in [0.25, 0.3) is 0 Å². The molecular formula is C9H18N2OS. The molecule has 76 valence electrons.